The largest absolute Gasteiger partial charge is 0.336 e. The number of anilines is 1. The van der Waals surface area contributed by atoms with E-state index in [-0.39, 0.29) is 23.4 Å². The van der Waals surface area contributed by atoms with Crippen LogP contribution in [0.3, 0.4) is 0 Å². The fourth-order valence-corrected chi connectivity index (χ4v) is 3.20. The van der Waals surface area contributed by atoms with E-state index in [4.69, 9.17) is 4.52 Å². The number of benzene rings is 2. The number of hydrogen-bond donors (Lipinski definition) is 1. The Balaban J connectivity index is 1.54. The molecular weight excluding hydrogens is 430 g/mol. The standard InChI is InChI=1S/C23H22F2N6O2/c1-30(2)9-8-26-23-27-22(29-33-23)16-5-3-4-15(10-16)14-31-21(32)7-6-20(28-31)17-11-18(24)13-19(25)12-17/h3-7,10-13H,8-9,14H2,1-2H3,(H,26,27,29). The molecule has 2 aromatic carbocycles. The number of hydrogen-bond acceptors (Lipinski definition) is 7. The van der Waals surface area contributed by atoms with Gasteiger partial charge in [-0.3, -0.25) is 4.79 Å². The van der Waals surface area contributed by atoms with E-state index < -0.39 is 11.6 Å². The van der Waals surface area contributed by atoms with Crippen LogP contribution >= 0.6 is 0 Å². The molecule has 4 aromatic rings. The van der Waals surface area contributed by atoms with Gasteiger partial charge in [0, 0.05) is 36.3 Å². The van der Waals surface area contributed by atoms with Crippen LogP contribution in [-0.2, 0) is 6.54 Å². The maximum atomic E-state index is 13.6. The highest BCUT2D eigenvalue weighted by Crippen LogP contribution is 2.21. The summed E-state index contributed by atoms with van der Waals surface area (Å²) in [6.07, 6.45) is 0. The lowest BCUT2D eigenvalue weighted by Crippen LogP contribution is -2.22. The quantitative estimate of drug-likeness (QED) is 0.439. The summed E-state index contributed by atoms with van der Waals surface area (Å²) in [7, 11) is 3.94. The Morgan fingerprint density at radius 1 is 1.03 bits per heavy atom. The van der Waals surface area contributed by atoms with Crippen LogP contribution < -0.4 is 10.9 Å². The summed E-state index contributed by atoms with van der Waals surface area (Å²) in [6.45, 7) is 1.63. The van der Waals surface area contributed by atoms with Crippen molar-refractivity contribution in [1.29, 1.82) is 0 Å². The topological polar surface area (TPSA) is 89.1 Å². The Morgan fingerprint density at radius 3 is 2.58 bits per heavy atom. The molecule has 0 amide bonds. The fourth-order valence-electron chi connectivity index (χ4n) is 3.20. The molecule has 0 bridgehead atoms. The number of nitrogens with zero attached hydrogens (tertiary/aromatic N) is 5. The Hall–Kier alpha value is -3.92. The molecule has 10 heteroatoms. The van der Waals surface area contributed by atoms with Crippen molar-refractivity contribution in [3.05, 3.63) is 82.1 Å². The van der Waals surface area contributed by atoms with Crippen LogP contribution in [0.4, 0.5) is 14.8 Å². The van der Waals surface area contributed by atoms with Crippen LogP contribution in [0.25, 0.3) is 22.6 Å². The number of nitrogens with one attached hydrogen (secondary N) is 1. The minimum Gasteiger partial charge on any atom is -0.336 e. The van der Waals surface area contributed by atoms with E-state index in [1.807, 2.05) is 43.3 Å². The third kappa shape index (κ3) is 5.66. The van der Waals surface area contributed by atoms with Crippen molar-refractivity contribution in [3.63, 3.8) is 0 Å². The molecule has 8 nitrogen and oxygen atoms in total. The molecule has 170 valence electrons. The van der Waals surface area contributed by atoms with Crippen molar-refractivity contribution in [1.82, 2.24) is 24.8 Å². The van der Waals surface area contributed by atoms with Crippen LogP contribution in [0.1, 0.15) is 5.56 Å². The average Bonchev–Trinajstić information content (AvgIpc) is 3.23. The first kappa shape index (κ1) is 22.3. The Bertz CT molecular complexity index is 1300. The third-order valence-corrected chi connectivity index (χ3v) is 4.80. The molecule has 33 heavy (non-hydrogen) atoms. The van der Waals surface area contributed by atoms with Gasteiger partial charge in [-0.15, -0.1) is 0 Å². The van der Waals surface area contributed by atoms with Gasteiger partial charge in [0.1, 0.15) is 11.6 Å². The number of likely N-dealkylation sites (N-methyl/N-ethyl adjacent to an activating group) is 1. The summed E-state index contributed by atoms with van der Waals surface area (Å²) in [4.78, 5) is 18.7. The molecule has 0 aliphatic rings. The number of rotatable bonds is 8. The predicted octanol–water partition coefficient (Wildman–Crippen LogP) is 3.26. The van der Waals surface area contributed by atoms with E-state index >= 15 is 0 Å². The highest BCUT2D eigenvalue weighted by atomic mass is 19.1. The number of halogens is 2. The monoisotopic (exact) mass is 452 g/mol. The van der Waals surface area contributed by atoms with Crippen LogP contribution in [0.2, 0.25) is 0 Å². The normalized spacial score (nSPS) is 11.2. The van der Waals surface area contributed by atoms with Gasteiger partial charge < -0.3 is 14.7 Å². The minimum atomic E-state index is -0.715. The van der Waals surface area contributed by atoms with Crippen LogP contribution in [0.15, 0.2) is 63.9 Å². The molecule has 0 saturated heterocycles. The fraction of sp³-hybridized carbons (Fsp3) is 0.217. The maximum Gasteiger partial charge on any atom is 0.321 e. The second-order valence-corrected chi connectivity index (χ2v) is 7.73. The highest BCUT2D eigenvalue weighted by Gasteiger charge is 2.11. The highest BCUT2D eigenvalue weighted by molar-refractivity contribution is 5.59. The second-order valence-electron chi connectivity index (χ2n) is 7.73. The first-order valence-corrected chi connectivity index (χ1v) is 10.2. The van der Waals surface area contributed by atoms with Crippen molar-refractivity contribution < 1.29 is 13.3 Å². The first-order chi connectivity index (χ1) is 15.9. The summed E-state index contributed by atoms with van der Waals surface area (Å²) in [6, 6.07) is 13.5. The van der Waals surface area contributed by atoms with E-state index in [1.165, 1.54) is 28.9 Å². The molecule has 0 aliphatic heterocycles. The molecule has 2 aromatic heterocycles. The summed E-state index contributed by atoms with van der Waals surface area (Å²) >= 11 is 0. The molecule has 0 saturated carbocycles. The minimum absolute atomic E-state index is 0.157. The first-order valence-electron chi connectivity index (χ1n) is 10.2. The molecule has 0 fully saturated rings. The average molecular weight is 452 g/mol. The predicted molar refractivity (Wildman–Crippen MR) is 120 cm³/mol. The van der Waals surface area contributed by atoms with Gasteiger partial charge in [-0.05, 0) is 43.9 Å². The van der Waals surface area contributed by atoms with E-state index in [9.17, 15) is 13.6 Å². The zero-order chi connectivity index (χ0) is 23.4. The van der Waals surface area contributed by atoms with E-state index in [0.717, 1.165) is 18.2 Å². The zero-order valence-electron chi connectivity index (χ0n) is 18.1. The van der Waals surface area contributed by atoms with Gasteiger partial charge in [-0.2, -0.15) is 10.1 Å². The van der Waals surface area contributed by atoms with E-state index in [0.29, 0.717) is 23.9 Å². The SMILES string of the molecule is CN(C)CCNc1nc(-c2cccc(Cn3nc(-c4cc(F)cc(F)c4)ccc3=O)c2)no1. The van der Waals surface area contributed by atoms with Gasteiger partial charge in [-0.1, -0.05) is 23.4 Å². The van der Waals surface area contributed by atoms with Crippen LogP contribution in [-0.4, -0.2) is 52.0 Å². The zero-order valence-corrected chi connectivity index (χ0v) is 18.1. The van der Waals surface area contributed by atoms with Crippen molar-refractivity contribution in [2.45, 2.75) is 6.54 Å². The molecule has 2 heterocycles. The summed E-state index contributed by atoms with van der Waals surface area (Å²) in [5.74, 6) is -1.02. The van der Waals surface area contributed by atoms with Crippen molar-refractivity contribution in [2.24, 2.45) is 0 Å². The summed E-state index contributed by atoms with van der Waals surface area (Å²) in [5, 5.41) is 11.4. The summed E-state index contributed by atoms with van der Waals surface area (Å²) in [5.41, 5.74) is 1.68. The third-order valence-electron chi connectivity index (χ3n) is 4.80. The van der Waals surface area contributed by atoms with Crippen molar-refractivity contribution in [3.8, 4) is 22.6 Å². The Labute approximate surface area is 188 Å². The molecule has 1 N–H and O–H groups in total. The molecule has 0 spiro atoms. The molecule has 4 rings (SSSR count). The van der Waals surface area contributed by atoms with Gasteiger partial charge in [0.05, 0.1) is 12.2 Å². The van der Waals surface area contributed by atoms with Gasteiger partial charge >= 0.3 is 6.01 Å². The van der Waals surface area contributed by atoms with Crippen LogP contribution in [0.5, 0.6) is 0 Å². The Kier molecular flexibility index (Phi) is 6.55. The Morgan fingerprint density at radius 2 is 1.82 bits per heavy atom. The maximum absolute atomic E-state index is 13.6. The van der Waals surface area contributed by atoms with E-state index in [2.05, 4.69) is 20.6 Å². The van der Waals surface area contributed by atoms with Gasteiger partial charge in [0.25, 0.3) is 5.56 Å². The smallest absolute Gasteiger partial charge is 0.321 e. The molecule has 0 radical (unpaired) electrons. The lowest BCUT2D eigenvalue weighted by Gasteiger charge is -2.08. The van der Waals surface area contributed by atoms with E-state index in [1.54, 1.807) is 0 Å². The van der Waals surface area contributed by atoms with Gasteiger partial charge in [0.2, 0.25) is 5.82 Å². The van der Waals surface area contributed by atoms with Crippen molar-refractivity contribution in [2.75, 3.05) is 32.5 Å². The van der Waals surface area contributed by atoms with Gasteiger partial charge in [0.15, 0.2) is 0 Å². The molecule has 0 unspecified atom stereocenters. The second kappa shape index (κ2) is 9.70. The molecule has 0 aliphatic carbocycles. The van der Waals surface area contributed by atoms with Crippen molar-refractivity contribution >= 4 is 6.01 Å². The van der Waals surface area contributed by atoms with Gasteiger partial charge in [-0.25, -0.2) is 13.5 Å². The molecule has 0 atom stereocenters. The van der Waals surface area contributed by atoms with Crippen LogP contribution in [0, 0.1) is 11.6 Å². The summed E-state index contributed by atoms with van der Waals surface area (Å²) < 4.78 is 33.7. The molecular formula is C23H22F2N6O2. The lowest BCUT2D eigenvalue weighted by atomic mass is 10.1. The number of aromatic nitrogens is 4. The lowest BCUT2D eigenvalue weighted by molar-refractivity contribution is 0.410.